The second kappa shape index (κ2) is 3.45. The van der Waals surface area contributed by atoms with Gasteiger partial charge in [0.1, 0.15) is 0 Å². The summed E-state index contributed by atoms with van der Waals surface area (Å²) >= 11 is 0. The van der Waals surface area contributed by atoms with Gasteiger partial charge in [-0.2, -0.15) is 8.42 Å². The van der Waals surface area contributed by atoms with Gasteiger partial charge in [0.05, 0.1) is 11.9 Å². The van der Waals surface area contributed by atoms with Gasteiger partial charge in [-0.05, 0) is 25.5 Å². The van der Waals surface area contributed by atoms with E-state index in [-0.39, 0.29) is 0 Å². The van der Waals surface area contributed by atoms with Crippen LogP contribution in [-0.4, -0.2) is 19.4 Å². The Kier molecular flexibility index (Phi) is 2.66. The molecule has 14 heavy (non-hydrogen) atoms. The summed E-state index contributed by atoms with van der Waals surface area (Å²) in [6.07, 6.45) is 0.888. The van der Waals surface area contributed by atoms with Gasteiger partial charge in [0, 0.05) is 6.07 Å². The maximum absolute atomic E-state index is 11.3. The molecule has 6 heteroatoms. The third-order valence-corrected chi connectivity index (χ3v) is 1.94. The van der Waals surface area contributed by atoms with Crippen molar-refractivity contribution in [3.05, 3.63) is 33.7 Å². The SMILES string of the molecule is Cc1cc(C)n(OS(C)(=O)=O)c(=O)c1. The molecule has 0 fully saturated rings. The van der Waals surface area contributed by atoms with E-state index < -0.39 is 15.7 Å². The molecule has 0 radical (unpaired) electrons. The number of hydrogen-bond acceptors (Lipinski definition) is 4. The van der Waals surface area contributed by atoms with Gasteiger partial charge in [-0.15, -0.1) is 4.73 Å². The van der Waals surface area contributed by atoms with Crippen molar-refractivity contribution in [1.29, 1.82) is 0 Å². The summed E-state index contributed by atoms with van der Waals surface area (Å²) in [5.74, 6) is 0. The Morgan fingerprint density at radius 3 is 2.29 bits per heavy atom. The Morgan fingerprint density at radius 2 is 1.86 bits per heavy atom. The Hall–Kier alpha value is -1.30. The van der Waals surface area contributed by atoms with Crippen LogP contribution in [0.3, 0.4) is 0 Å². The van der Waals surface area contributed by atoms with Crippen molar-refractivity contribution in [3.63, 3.8) is 0 Å². The summed E-state index contributed by atoms with van der Waals surface area (Å²) in [6.45, 7) is 3.35. The van der Waals surface area contributed by atoms with Crippen molar-refractivity contribution in [1.82, 2.24) is 4.73 Å². The van der Waals surface area contributed by atoms with Gasteiger partial charge < -0.3 is 0 Å². The van der Waals surface area contributed by atoms with Crippen LogP contribution in [0.5, 0.6) is 0 Å². The maximum Gasteiger partial charge on any atom is 0.324 e. The lowest BCUT2D eigenvalue weighted by molar-refractivity contribution is 0.262. The minimum Gasteiger partial charge on any atom is -0.284 e. The summed E-state index contributed by atoms with van der Waals surface area (Å²) in [7, 11) is -3.67. The minimum absolute atomic E-state index is 0.445. The number of rotatable bonds is 2. The van der Waals surface area contributed by atoms with Gasteiger partial charge in [-0.1, -0.05) is 0 Å². The molecule has 1 aromatic heterocycles. The molecule has 0 bridgehead atoms. The van der Waals surface area contributed by atoms with E-state index in [4.69, 9.17) is 0 Å². The molecule has 78 valence electrons. The van der Waals surface area contributed by atoms with Crippen LogP contribution in [0.1, 0.15) is 11.3 Å². The van der Waals surface area contributed by atoms with Crippen molar-refractivity contribution < 1.29 is 12.7 Å². The zero-order valence-electron chi connectivity index (χ0n) is 8.14. The molecule has 0 saturated heterocycles. The fourth-order valence-electron chi connectivity index (χ4n) is 1.09. The Balaban J connectivity index is 3.30. The van der Waals surface area contributed by atoms with Gasteiger partial charge in [0.25, 0.3) is 5.56 Å². The van der Waals surface area contributed by atoms with E-state index in [1.807, 2.05) is 0 Å². The molecule has 0 aliphatic rings. The molecule has 0 atom stereocenters. The zero-order chi connectivity index (χ0) is 10.9. The van der Waals surface area contributed by atoms with Crippen LogP contribution in [0, 0.1) is 13.8 Å². The zero-order valence-corrected chi connectivity index (χ0v) is 8.96. The van der Waals surface area contributed by atoms with E-state index in [2.05, 4.69) is 4.28 Å². The second-order valence-corrected chi connectivity index (χ2v) is 4.64. The van der Waals surface area contributed by atoms with E-state index in [1.54, 1.807) is 19.9 Å². The van der Waals surface area contributed by atoms with E-state index >= 15 is 0 Å². The van der Waals surface area contributed by atoms with Crippen molar-refractivity contribution in [3.8, 4) is 0 Å². The lowest BCUT2D eigenvalue weighted by atomic mass is 10.2. The molecule has 0 aromatic carbocycles. The molecule has 0 unspecified atom stereocenters. The van der Waals surface area contributed by atoms with Gasteiger partial charge in [-0.3, -0.25) is 9.08 Å². The monoisotopic (exact) mass is 217 g/mol. The van der Waals surface area contributed by atoms with Crippen LogP contribution in [-0.2, 0) is 10.1 Å². The highest BCUT2D eigenvalue weighted by atomic mass is 32.2. The molecule has 0 aliphatic carbocycles. The van der Waals surface area contributed by atoms with E-state index in [1.165, 1.54) is 6.07 Å². The number of nitrogens with zero attached hydrogens (tertiary/aromatic N) is 1. The lowest BCUT2D eigenvalue weighted by Crippen LogP contribution is -2.31. The lowest BCUT2D eigenvalue weighted by Gasteiger charge is -2.08. The highest BCUT2D eigenvalue weighted by Gasteiger charge is 2.08. The predicted molar refractivity (Wildman–Crippen MR) is 51.6 cm³/mol. The fourth-order valence-corrected chi connectivity index (χ4v) is 1.55. The molecule has 0 N–H and O–H groups in total. The topological polar surface area (TPSA) is 65.4 Å². The highest BCUT2D eigenvalue weighted by molar-refractivity contribution is 7.86. The van der Waals surface area contributed by atoms with Crippen molar-refractivity contribution >= 4 is 10.1 Å². The first-order valence-corrected chi connectivity index (χ1v) is 5.71. The van der Waals surface area contributed by atoms with Gasteiger partial charge in [0.15, 0.2) is 0 Å². The number of hydrogen-bond donors (Lipinski definition) is 0. The third-order valence-electron chi connectivity index (χ3n) is 1.52. The average Bonchev–Trinajstić information content (AvgIpc) is 1.95. The second-order valence-electron chi connectivity index (χ2n) is 3.09. The molecule has 5 nitrogen and oxygen atoms in total. The number of pyridine rings is 1. The molecule has 0 aliphatic heterocycles. The average molecular weight is 217 g/mol. The standard InChI is InChI=1S/C8H11NO4S/c1-6-4-7(2)9(8(10)5-6)13-14(3,11)12/h4-5H,1-3H3. The van der Waals surface area contributed by atoms with Gasteiger partial charge >= 0.3 is 10.1 Å². The highest BCUT2D eigenvalue weighted by Crippen LogP contribution is 1.98. The summed E-state index contributed by atoms with van der Waals surface area (Å²) in [4.78, 5) is 11.3. The van der Waals surface area contributed by atoms with Crippen LogP contribution in [0.4, 0.5) is 0 Å². The smallest absolute Gasteiger partial charge is 0.284 e. The normalized spacial score (nSPS) is 11.4. The third kappa shape index (κ3) is 2.59. The van der Waals surface area contributed by atoms with Crippen LogP contribution in [0.15, 0.2) is 16.9 Å². The summed E-state index contributed by atoms with van der Waals surface area (Å²) in [5, 5.41) is 0. The van der Waals surface area contributed by atoms with Crippen LogP contribution < -0.4 is 9.84 Å². The van der Waals surface area contributed by atoms with Crippen LogP contribution in [0.2, 0.25) is 0 Å². The molecule has 1 aromatic rings. The molecule has 0 amide bonds. The van der Waals surface area contributed by atoms with Crippen molar-refractivity contribution in [2.75, 3.05) is 6.26 Å². The van der Waals surface area contributed by atoms with Crippen LogP contribution >= 0.6 is 0 Å². The fraction of sp³-hybridized carbons (Fsp3) is 0.375. The molecule has 1 heterocycles. The van der Waals surface area contributed by atoms with Crippen molar-refractivity contribution in [2.24, 2.45) is 0 Å². The Labute approximate surface area is 82.0 Å². The van der Waals surface area contributed by atoms with E-state index in [0.717, 1.165) is 16.5 Å². The first kappa shape index (κ1) is 10.8. The molecule has 0 saturated carbocycles. The number of aryl methyl sites for hydroxylation is 2. The first-order chi connectivity index (χ1) is 6.29. The largest absolute Gasteiger partial charge is 0.324 e. The summed E-state index contributed by atoms with van der Waals surface area (Å²) in [5.41, 5.74) is 0.717. The quantitative estimate of drug-likeness (QED) is 0.691. The van der Waals surface area contributed by atoms with Gasteiger partial charge in [-0.25, -0.2) is 0 Å². The summed E-state index contributed by atoms with van der Waals surface area (Å²) in [6, 6.07) is 2.96. The van der Waals surface area contributed by atoms with Crippen LogP contribution in [0.25, 0.3) is 0 Å². The minimum atomic E-state index is -3.67. The summed E-state index contributed by atoms with van der Waals surface area (Å²) < 4.78 is 26.9. The van der Waals surface area contributed by atoms with E-state index in [0.29, 0.717) is 5.69 Å². The van der Waals surface area contributed by atoms with E-state index in [9.17, 15) is 13.2 Å². The predicted octanol–water partition coefficient (Wildman–Crippen LogP) is -0.147. The molecular weight excluding hydrogens is 206 g/mol. The maximum atomic E-state index is 11.3. The van der Waals surface area contributed by atoms with Gasteiger partial charge in [0.2, 0.25) is 0 Å². The molecule has 0 spiro atoms. The molecular formula is C8H11NO4S. The molecule has 1 rings (SSSR count). The first-order valence-electron chi connectivity index (χ1n) is 3.90. The van der Waals surface area contributed by atoms with Crippen molar-refractivity contribution in [2.45, 2.75) is 13.8 Å². The Morgan fingerprint density at radius 1 is 1.29 bits per heavy atom. The Bertz CT molecular complexity index is 501. The number of aromatic nitrogens is 1.